The normalized spacial score (nSPS) is 26.5. The lowest BCUT2D eigenvalue weighted by Crippen LogP contribution is -2.28. The maximum absolute atomic E-state index is 5.86. The van der Waals surface area contributed by atoms with E-state index in [9.17, 15) is 0 Å². The number of hydrogen-bond acceptors (Lipinski definition) is 4. The highest BCUT2D eigenvalue weighted by Crippen LogP contribution is 2.25. The Labute approximate surface area is 82.6 Å². The predicted octanol–water partition coefficient (Wildman–Crippen LogP) is 1.24. The Balaban J connectivity index is 2.02. The van der Waals surface area contributed by atoms with Crippen LogP contribution in [-0.2, 0) is 0 Å². The van der Waals surface area contributed by atoms with Gasteiger partial charge in [0.2, 0.25) is 0 Å². The molecule has 4 heteroatoms. The quantitative estimate of drug-likeness (QED) is 0.775. The summed E-state index contributed by atoms with van der Waals surface area (Å²) < 4.78 is 0. The van der Waals surface area contributed by atoms with Crippen molar-refractivity contribution in [2.45, 2.75) is 25.4 Å². The number of nitrogens with two attached hydrogens (primary N) is 1. The SMILES string of the molecule is CC(c1nccs1)N1CC[C@H](N)C1. The van der Waals surface area contributed by atoms with Gasteiger partial charge in [-0.2, -0.15) is 0 Å². The molecule has 1 saturated heterocycles. The first-order valence-corrected chi connectivity index (χ1v) is 5.54. The van der Waals surface area contributed by atoms with Crippen LogP contribution in [0, 0.1) is 0 Å². The molecule has 1 aliphatic heterocycles. The lowest BCUT2D eigenvalue weighted by molar-refractivity contribution is 0.259. The molecule has 1 aliphatic rings. The van der Waals surface area contributed by atoms with Gasteiger partial charge in [-0.25, -0.2) is 4.98 Å². The molecule has 2 heterocycles. The topological polar surface area (TPSA) is 42.2 Å². The predicted molar refractivity (Wildman–Crippen MR) is 54.7 cm³/mol. The Morgan fingerprint density at radius 1 is 1.77 bits per heavy atom. The molecule has 2 atom stereocenters. The molecule has 0 spiro atoms. The van der Waals surface area contributed by atoms with Crippen LogP contribution in [-0.4, -0.2) is 29.0 Å². The molecule has 1 aromatic heterocycles. The third-order valence-corrected chi connectivity index (χ3v) is 3.56. The van der Waals surface area contributed by atoms with E-state index in [1.807, 2.05) is 11.6 Å². The van der Waals surface area contributed by atoms with E-state index < -0.39 is 0 Å². The second-order valence-electron chi connectivity index (χ2n) is 3.59. The minimum absolute atomic E-state index is 0.363. The van der Waals surface area contributed by atoms with Crippen LogP contribution in [0.5, 0.6) is 0 Å². The summed E-state index contributed by atoms with van der Waals surface area (Å²) >= 11 is 1.73. The van der Waals surface area contributed by atoms with Crippen LogP contribution >= 0.6 is 11.3 Å². The fourth-order valence-corrected chi connectivity index (χ4v) is 2.49. The maximum atomic E-state index is 5.86. The molecule has 0 saturated carbocycles. The van der Waals surface area contributed by atoms with Crippen molar-refractivity contribution in [1.82, 2.24) is 9.88 Å². The molecule has 2 N–H and O–H groups in total. The van der Waals surface area contributed by atoms with E-state index in [4.69, 9.17) is 5.73 Å². The first-order chi connectivity index (χ1) is 6.27. The Kier molecular flexibility index (Phi) is 2.62. The van der Waals surface area contributed by atoms with Crippen molar-refractivity contribution in [3.05, 3.63) is 16.6 Å². The average molecular weight is 197 g/mol. The number of hydrogen-bond donors (Lipinski definition) is 1. The average Bonchev–Trinajstić information content (AvgIpc) is 2.72. The minimum Gasteiger partial charge on any atom is -0.326 e. The molecule has 0 aliphatic carbocycles. The van der Waals surface area contributed by atoms with Gasteiger partial charge in [-0.15, -0.1) is 11.3 Å². The Morgan fingerprint density at radius 2 is 2.62 bits per heavy atom. The molecular formula is C9H15N3S. The van der Waals surface area contributed by atoms with E-state index in [1.54, 1.807) is 11.3 Å². The van der Waals surface area contributed by atoms with Crippen molar-refractivity contribution >= 4 is 11.3 Å². The van der Waals surface area contributed by atoms with E-state index in [0.717, 1.165) is 19.5 Å². The third-order valence-electron chi connectivity index (χ3n) is 2.61. The maximum Gasteiger partial charge on any atom is 0.109 e. The van der Waals surface area contributed by atoms with Gasteiger partial charge in [0.15, 0.2) is 0 Å². The summed E-state index contributed by atoms with van der Waals surface area (Å²) in [6, 6.07) is 0.802. The van der Waals surface area contributed by atoms with Gasteiger partial charge in [0, 0.05) is 30.7 Å². The molecule has 3 nitrogen and oxygen atoms in total. The summed E-state index contributed by atoms with van der Waals surface area (Å²) in [5, 5.41) is 3.23. The second kappa shape index (κ2) is 3.74. The zero-order chi connectivity index (χ0) is 9.26. The van der Waals surface area contributed by atoms with Crippen LogP contribution in [0.15, 0.2) is 11.6 Å². The molecule has 1 unspecified atom stereocenters. The molecule has 72 valence electrons. The van der Waals surface area contributed by atoms with Gasteiger partial charge in [-0.05, 0) is 13.3 Å². The number of rotatable bonds is 2. The number of nitrogens with zero attached hydrogens (tertiary/aromatic N) is 2. The highest BCUT2D eigenvalue weighted by Gasteiger charge is 2.25. The molecular weight excluding hydrogens is 182 g/mol. The first-order valence-electron chi connectivity index (χ1n) is 4.66. The molecule has 0 amide bonds. The smallest absolute Gasteiger partial charge is 0.109 e. The molecule has 1 fully saturated rings. The zero-order valence-electron chi connectivity index (χ0n) is 7.81. The van der Waals surface area contributed by atoms with Crippen LogP contribution in [0.2, 0.25) is 0 Å². The van der Waals surface area contributed by atoms with Gasteiger partial charge < -0.3 is 5.73 Å². The van der Waals surface area contributed by atoms with Crippen molar-refractivity contribution in [1.29, 1.82) is 0 Å². The Hall–Kier alpha value is -0.450. The van der Waals surface area contributed by atoms with E-state index >= 15 is 0 Å². The van der Waals surface area contributed by atoms with Gasteiger partial charge in [0.05, 0.1) is 6.04 Å². The summed E-state index contributed by atoms with van der Waals surface area (Å²) in [6.07, 6.45) is 2.99. The van der Waals surface area contributed by atoms with E-state index in [-0.39, 0.29) is 0 Å². The Bertz CT molecular complexity index is 260. The number of likely N-dealkylation sites (tertiary alicyclic amines) is 1. The van der Waals surface area contributed by atoms with E-state index in [1.165, 1.54) is 5.01 Å². The molecule has 0 radical (unpaired) electrons. The van der Waals surface area contributed by atoms with Crippen LogP contribution in [0.4, 0.5) is 0 Å². The summed E-state index contributed by atoms with van der Waals surface area (Å²) in [6.45, 7) is 4.33. The second-order valence-corrected chi connectivity index (χ2v) is 4.52. The molecule has 1 aromatic rings. The zero-order valence-corrected chi connectivity index (χ0v) is 8.63. The first kappa shape index (κ1) is 9.12. The lowest BCUT2D eigenvalue weighted by Gasteiger charge is -2.21. The van der Waals surface area contributed by atoms with E-state index in [2.05, 4.69) is 16.8 Å². The minimum atomic E-state index is 0.363. The molecule has 13 heavy (non-hydrogen) atoms. The van der Waals surface area contributed by atoms with E-state index in [0.29, 0.717) is 12.1 Å². The van der Waals surface area contributed by atoms with Crippen LogP contribution in [0.1, 0.15) is 24.4 Å². The van der Waals surface area contributed by atoms with Crippen LogP contribution in [0.25, 0.3) is 0 Å². The summed E-state index contributed by atoms with van der Waals surface area (Å²) in [5.41, 5.74) is 5.86. The third kappa shape index (κ3) is 1.90. The standard InChI is InChI=1S/C9H15N3S/c1-7(9-11-3-5-13-9)12-4-2-8(10)6-12/h3,5,7-8H,2,4,6,10H2,1H3/t7?,8-/m0/s1. The largest absolute Gasteiger partial charge is 0.326 e. The lowest BCUT2D eigenvalue weighted by atomic mass is 10.3. The van der Waals surface area contributed by atoms with Gasteiger partial charge in [0.25, 0.3) is 0 Å². The highest BCUT2D eigenvalue weighted by atomic mass is 32.1. The summed E-state index contributed by atoms with van der Waals surface area (Å²) in [4.78, 5) is 6.73. The molecule has 0 bridgehead atoms. The van der Waals surface area contributed by atoms with Crippen molar-refractivity contribution in [2.24, 2.45) is 5.73 Å². The number of aromatic nitrogens is 1. The van der Waals surface area contributed by atoms with Crippen molar-refractivity contribution in [3.8, 4) is 0 Å². The monoisotopic (exact) mass is 197 g/mol. The molecule has 0 aromatic carbocycles. The molecule has 2 rings (SSSR count). The summed E-state index contributed by atoms with van der Waals surface area (Å²) in [7, 11) is 0. The number of thiazole rings is 1. The van der Waals surface area contributed by atoms with Crippen molar-refractivity contribution in [3.63, 3.8) is 0 Å². The van der Waals surface area contributed by atoms with Crippen LogP contribution < -0.4 is 5.73 Å². The fraction of sp³-hybridized carbons (Fsp3) is 0.667. The van der Waals surface area contributed by atoms with Gasteiger partial charge in [0.1, 0.15) is 5.01 Å². The van der Waals surface area contributed by atoms with Crippen LogP contribution in [0.3, 0.4) is 0 Å². The van der Waals surface area contributed by atoms with Gasteiger partial charge in [-0.1, -0.05) is 0 Å². The highest BCUT2D eigenvalue weighted by molar-refractivity contribution is 7.09. The summed E-state index contributed by atoms with van der Waals surface area (Å²) in [5.74, 6) is 0. The van der Waals surface area contributed by atoms with Crippen molar-refractivity contribution in [2.75, 3.05) is 13.1 Å². The van der Waals surface area contributed by atoms with Gasteiger partial charge in [-0.3, -0.25) is 4.90 Å². The fourth-order valence-electron chi connectivity index (χ4n) is 1.76. The van der Waals surface area contributed by atoms with Crippen molar-refractivity contribution < 1.29 is 0 Å². The van der Waals surface area contributed by atoms with Gasteiger partial charge >= 0.3 is 0 Å². The Morgan fingerprint density at radius 3 is 3.15 bits per heavy atom.